The van der Waals surface area contributed by atoms with Crippen LogP contribution < -0.4 is 10.1 Å². The Bertz CT molecular complexity index is 523. The lowest BCUT2D eigenvalue weighted by atomic mass is 10.2. The Morgan fingerprint density at radius 2 is 2.17 bits per heavy atom. The first-order valence-corrected chi connectivity index (χ1v) is 5.68. The lowest BCUT2D eigenvalue weighted by Gasteiger charge is -2.10. The van der Waals surface area contributed by atoms with Gasteiger partial charge in [-0.1, -0.05) is 6.07 Å². The zero-order chi connectivity index (χ0) is 13.0. The van der Waals surface area contributed by atoms with Crippen LogP contribution >= 0.6 is 0 Å². The first kappa shape index (κ1) is 12.4. The van der Waals surface area contributed by atoms with Crippen molar-refractivity contribution in [2.24, 2.45) is 0 Å². The van der Waals surface area contributed by atoms with Gasteiger partial charge in [0.1, 0.15) is 5.82 Å². The van der Waals surface area contributed by atoms with Crippen molar-refractivity contribution in [2.45, 2.75) is 13.5 Å². The lowest BCUT2D eigenvalue weighted by Crippen LogP contribution is -2.03. The summed E-state index contributed by atoms with van der Waals surface area (Å²) in [6.07, 6.45) is 1.68. The van der Waals surface area contributed by atoms with E-state index >= 15 is 0 Å². The molecule has 1 heterocycles. The molecule has 0 saturated carbocycles. The minimum Gasteiger partial charge on any atom is -0.481 e. The number of nitrogens with zero attached hydrogens (tertiary/aromatic N) is 1. The predicted octanol–water partition coefficient (Wildman–Crippen LogP) is 3.15. The van der Waals surface area contributed by atoms with Gasteiger partial charge in [0, 0.05) is 24.0 Å². The third kappa shape index (κ3) is 2.97. The van der Waals surface area contributed by atoms with Crippen LogP contribution in [0.25, 0.3) is 0 Å². The number of aromatic nitrogens is 1. The third-order valence-corrected chi connectivity index (χ3v) is 2.57. The number of anilines is 1. The summed E-state index contributed by atoms with van der Waals surface area (Å²) >= 11 is 0. The molecule has 0 aliphatic heterocycles. The van der Waals surface area contributed by atoms with E-state index in [1.165, 1.54) is 12.1 Å². The second-order valence-electron chi connectivity index (χ2n) is 4.04. The molecule has 0 unspecified atom stereocenters. The average Bonchev–Trinajstić information content (AvgIpc) is 2.35. The van der Waals surface area contributed by atoms with Gasteiger partial charge >= 0.3 is 0 Å². The Kier molecular flexibility index (Phi) is 3.77. The molecule has 4 heteroatoms. The number of halogens is 1. The number of pyridine rings is 1. The molecular formula is C14H15FN2O. The van der Waals surface area contributed by atoms with Gasteiger partial charge in [-0.15, -0.1) is 0 Å². The fourth-order valence-electron chi connectivity index (χ4n) is 1.78. The van der Waals surface area contributed by atoms with Gasteiger partial charge in [0.05, 0.1) is 7.11 Å². The number of ether oxygens (including phenoxy) is 1. The zero-order valence-electron chi connectivity index (χ0n) is 10.4. The Labute approximate surface area is 106 Å². The summed E-state index contributed by atoms with van der Waals surface area (Å²) in [6.45, 7) is 2.40. The molecule has 0 spiro atoms. The van der Waals surface area contributed by atoms with E-state index in [1.807, 2.05) is 25.1 Å². The number of nitrogens with one attached hydrogen (secondary N) is 1. The second-order valence-corrected chi connectivity index (χ2v) is 4.04. The average molecular weight is 246 g/mol. The van der Waals surface area contributed by atoms with Gasteiger partial charge in [-0.25, -0.2) is 9.37 Å². The summed E-state index contributed by atoms with van der Waals surface area (Å²) in [7, 11) is 1.58. The molecule has 0 radical (unpaired) electrons. The minimum absolute atomic E-state index is 0.240. The normalized spacial score (nSPS) is 10.2. The van der Waals surface area contributed by atoms with Crippen molar-refractivity contribution in [3.63, 3.8) is 0 Å². The molecule has 18 heavy (non-hydrogen) atoms. The molecule has 0 aliphatic carbocycles. The zero-order valence-corrected chi connectivity index (χ0v) is 10.4. The number of benzene rings is 1. The fraction of sp³-hybridized carbons (Fsp3) is 0.214. The monoisotopic (exact) mass is 246 g/mol. The Morgan fingerprint density at radius 3 is 2.89 bits per heavy atom. The summed E-state index contributed by atoms with van der Waals surface area (Å²) in [5.41, 5.74) is 2.57. The van der Waals surface area contributed by atoms with Crippen molar-refractivity contribution in [2.75, 3.05) is 12.4 Å². The van der Waals surface area contributed by atoms with Gasteiger partial charge < -0.3 is 10.1 Å². The van der Waals surface area contributed by atoms with Crippen LogP contribution in [0.3, 0.4) is 0 Å². The summed E-state index contributed by atoms with van der Waals surface area (Å²) in [5.74, 6) is 0.341. The quantitative estimate of drug-likeness (QED) is 0.899. The number of hydrogen-bond donors (Lipinski definition) is 1. The van der Waals surface area contributed by atoms with E-state index in [9.17, 15) is 4.39 Å². The van der Waals surface area contributed by atoms with Crippen LogP contribution in [0.1, 0.15) is 11.1 Å². The van der Waals surface area contributed by atoms with Crippen LogP contribution in [0.2, 0.25) is 0 Å². The maximum Gasteiger partial charge on any atom is 0.218 e. The highest BCUT2D eigenvalue weighted by atomic mass is 19.1. The van der Waals surface area contributed by atoms with Crippen LogP contribution in [0, 0.1) is 12.7 Å². The minimum atomic E-state index is -0.240. The summed E-state index contributed by atoms with van der Waals surface area (Å²) in [4.78, 5) is 4.11. The molecule has 1 N–H and O–H groups in total. The first-order chi connectivity index (χ1) is 8.69. The molecule has 0 saturated heterocycles. The van der Waals surface area contributed by atoms with Gasteiger partial charge in [0.15, 0.2) is 0 Å². The van der Waals surface area contributed by atoms with Crippen LogP contribution in [-0.4, -0.2) is 12.1 Å². The first-order valence-electron chi connectivity index (χ1n) is 5.68. The highest BCUT2D eigenvalue weighted by Gasteiger charge is 2.03. The Balaban J connectivity index is 2.11. The van der Waals surface area contributed by atoms with E-state index in [1.54, 1.807) is 13.3 Å². The lowest BCUT2D eigenvalue weighted by molar-refractivity contribution is 0.393. The largest absolute Gasteiger partial charge is 0.481 e. The molecule has 1 aromatic heterocycles. The highest BCUT2D eigenvalue weighted by Crippen LogP contribution is 2.18. The number of methoxy groups -OCH3 is 1. The molecular weight excluding hydrogens is 231 g/mol. The number of rotatable bonds is 4. The van der Waals surface area contributed by atoms with Crippen molar-refractivity contribution in [3.05, 3.63) is 53.5 Å². The standard InChI is InChI=1S/C14H15FN2O/c1-10-6-12(15)8-13(7-10)17-9-11-4-3-5-16-14(11)18-2/h3-8,17H,9H2,1-2H3. The van der Waals surface area contributed by atoms with E-state index < -0.39 is 0 Å². The molecule has 0 amide bonds. The van der Waals surface area contributed by atoms with Crippen molar-refractivity contribution < 1.29 is 9.13 Å². The maximum atomic E-state index is 13.2. The highest BCUT2D eigenvalue weighted by molar-refractivity contribution is 5.47. The van der Waals surface area contributed by atoms with E-state index in [0.29, 0.717) is 12.4 Å². The number of aryl methyl sites for hydroxylation is 1. The Morgan fingerprint density at radius 1 is 1.33 bits per heavy atom. The molecule has 94 valence electrons. The van der Waals surface area contributed by atoms with Gasteiger partial charge in [-0.05, 0) is 36.8 Å². The summed E-state index contributed by atoms with van der Waals surface area (Å²) in [5, 5.41) is 3.16. The smallest absolute Gasteiger partial charge is 0.218 e. The van der Waals surface area contributed by atoms with Crippen molar-refractivity contribution in [1.82, 2.24) is 4.98 Å². The summed E-state index contributed by atoms with van der Waals surface area (Å²) < 4.78 is 18.4. The van der Waals surface area contributed by atoms with Crippen molar-refractivity contribution in [1.29, 1.82) is 0 Å². The van der Waals surface area contributed by atoms with Crippen molar-refractivity contribution in [3.8, 4) is 5.88 Å². The van der Waals surface area contributed by atoms with Gasteiger partial charge in [-0.2, -0.15) is 0 Å². The maximum absolute atomic E-state index is 13.2. The Hall–Kier alpha value is -2.10. The predicted molar refractivity (Wildman–Crippen MR) is 69.3 cm³/mol. The van der Waals surface area contributed by atoms with E-state index in [0.717, 1.165) is 16.8 Å². The van der Waals surface area contributed by atoms with Crippen molar-refractivity contribution >= 4 is 5.69 Å². The van der Waals surface area contributed by atoms with Gasteiger partial charge in [-0.3, -0.25) is 0 Å². The van der Waals surface area contributed by atoms with Crippen LogP contribution in [0.15, 0.2) is 36.5 Å². The summed E-state index contributed by atoms with van der Waals surface area (Å²) in [6, 6.07) is 8.62. The third-order valence-electron chi connectivity index (χ3n) is 2.57. The van der Waals surface area contributed by atoms with E-state index in [4.69, 9.17) is 4.74 Å². The van der Waals surface area contributed by atoms with E-state index in [-0.39, 0.29) is 5.82 Å². The SMILES string of the molecule is COc1ncccc1CNc1cc(C)cc(F)c1. The fourth-order valence-corrected chi connectivity index (χ4v) is 1.78. The molecule has 1 aromatic carbocycles. The topological polar surface area (TPSA) is 34.1 Å². The molecule has 3 nitrogen and oxygen atoms in total. The molecule has 2 rings (SSSR count). The molecule has 2 aromatic rings. The van der Waals surface area contributed by atoms with Crippen LogP contribution in [0.5, 0.6) is 5.88 Å². The van der Waals surface area contributed by atoms with Crippen LogP contribution in [-0.2, 0) is 6.54 Å². The van der Waals surface area contributed by atoms with Crippen LogP contribution in [0.4, 0.5) is 10.1 Å². The second kappa shape index (κ2) is 5.49. The molecule has 0 atom stereocenters. The molecule has 0 fully saturated rings. The van der Waals surface area contributed by atoms with E-state index in [2.05, 4.69) is 10.3 Å². The number of hydrogen-bond acceptors (Lipinski definition) is 3. The van der Waals surface area contributed by atoms with Gasteiger partial charge in [0.2, 0.25) is 5.88 Å². The molecule has 0 aliphatic rings. The van der Waals surface area contributed by atoms with Gasteiger partial charge in [0.25, 0.3) is 0 Å². The molecule has 0 bridgehead atoms.